The van der Waals surface area contributed by atoms with Crippen molar-refractivity contribution in [1.82, 2.24) is 4.57 Å². The second-order valence-corrected chi connectivity index (χ2v) is 7.31. The molecular formula is C22H21BrN2O2. The normalized spacial score (nSPS) is 11.1. The van der Waals surface area contributed by atoms with E-state index in [1.165, 1.54) is 7.11 Å². The van der Waals surface area contributed by atoms with Crippen LogP contribution in [0.15, 0.2) is 58.0 Å². The number of esters is 1. The molecule has 5 heteroatoms. The lowest BCUT2D eigenvalue weighted by Gasteiger charge is -2.10. The van der Waals surface area contributed by atoms with Crippen molar-refractivity contribution in [3.05, 3.63) is 81.1 Å². The van der Waals surface area contributed by atoms with E-state index in [1.54, 1.807) is 12.1 Å². The Kier molecular flexibility index (Phi) is 5.61. The third-order valence-electron chi connectivity index (χ3n) is 4.52. The van der Waals surface area contributed by atoms with Crippen LogP contribution in [0.5, 0.6) is 0 Å². The van der Waals surface area contributed by atoms with Crippen molar-refractivity contribution in [3.8, 4) is 5.69 Å². The molecule has 0 radical (unpaired) electrons. The van der Waals surface area contributed by atoms with Crippen molar-refractivity contribution in [2.24, 2.45) is 4.99 Å². The number of halogens is 1. The van der Waals surface area contributed by atoms with E-state index in [-0.39, 0.29) is 5.97 Å². The zero-order chi connectivity index (χ0) is 19.6. The van der Waals surface area contributed by atoms with E-state index in [4.69, 9.17) is 4.74 Å². The molecular weight excluding hydrogens is 404 g/mol. The molecule has 0 saturated heterocycles. The average Bonchev–Trinajstić information content (AvgIpc) is 2.94. The van der Waals surface area contributed by atoms with Gasteiger partial charge in [0, 0.05) is 33.3 Å². The molecule has 2 aromatic carbocycles. The highest BCUT2D eigenvalue weighted by atomic mass is 79.9. The van der Waals surface area contributed by atoms with Crippen LogP contribution < -0.4 is 0 Å². The molecule has 27 heavy (non-hydrogen) atoms. The average molecular weight is 425 g/mol. The van der Waals surface area contributed by atoms with Crippen molar-refractivity contribution in [1.29, 1.82) is 0 Å². The predicted octanol–water partition coefficient (Wildman–Crippen LogP) is 5.70. The van der Waals surface area contributed by atoms with Crippen LogP contribution in [-0.2, 0) is 4.74 Å². The molecule has 0 amide bonds. The van der Waals surface area contributed by atoms with Gasteiger partial charge >= 0.3 is 5.97 Å². The first-order valence-corrected chi connectivity index (χ1v) is 9.38. The molecule has 0 bridgehead atoms. The molecule has 0 saturated carbocycles. The Morgan fingerprint density at radius 2 is 1.78 bits per heavy atom. The Balaban J connectivity index is 1.93. The lowest BCUT2D eigenvalue weighted by atomic mass is 10.2. The Labute approximate surface area is 167 Å². The number of carbonyl (C=O) groups is 1. The first-order chi connectivity index (χ1) is 12.9. The van der Waals surface area contributed by atoms with Gasteiger partial charge in [-0.25, -0.2) is 4.79 Å². The van der Waals surface area contributed by atoms with Crippen molar-refractivity contribution in [2.75, 3.05) is 7.11 Å². The SMILES string of the molecule is COC(=O)c1ccc(-n2c(C)cc(C=Nc3ccc(Br)cc3C)c2C)cc1. The van der Waals surface area contributed by atoms with Gasteiger partial charge < -0.3 is 9.30 Å². The van der Waals surface area contributed by atoms with Gasteiger partial charge in [0.25, 0.3) is 0 Å². The fraction of sp³-hybridized carbons (Fsp3) is 0.182. The lowest BCUT2D eigenvalue weighted by molar-refractivity contribution is 0.0601. The molecule has 0 spiro atoms. The second kappa shape index (κ2) is 7.92. The Morgan fingerprint density at radius 1 is 1.07 bits per heavy atom. The molecule has 4 nitrogen and oxygen atoms in total. The van der Waals surface area contributed by atoms with Crippen LogP contribution in [-0.4, -0.2) is 23.9 Å². The third-order valence-corrected chi connectivity index (χ3v) is 5.01. The Hall–Kier alpha value is -2.66. The van der Waals surface area contributed by atoms with Gasteiger partial charge in [-0.2, -0.15) is 0 Å². The van der Waals surface area contributed by atoms with E-state index in [2.05, 4.69) is 51.5 Å². The summed E-state index contributed by atoms with van der Waals surface area (Å²) in [5.74, 6) is -0.333. The molecule has 3 rings (SSSR count). The zero-order valence-corrected chi connectivity index (χ0v) is 17.4. The topological polar surface area (TPSA) is 43.6 Å². The van der Waals surface area contributed by atoms with Gasteiger partial charge in [-0.15, -0.1) is 0 Å². The van der Waals surface area contributed by atoms with Crippen molar-refractivity contribution < 1.29 is 9.53 Å². The van der Waals surface area contributed by atoms with Crippen LogP contribution in [0.25, 0.3) is 5.69 Å². The van der Waals surface area contributed by atoms with E-state index < -0.39 is 0 Å². The molecule has 0 aliphatic carbocycles. The largest absolute Gasteiger partial charge is 0.465 e. The van der Waals surface area contributed by atoms with E-state index in [0.29, 0.717) is 5.56 Å². The summed E-state index contributed by atoms with van der Waals surface area (Å²) >= 11 is 3.48. The second-order valence-electron chi connectivity index (χ2n) is 6.39. The highest BCUT2D eigenvalue weighted by Crippen LogP contribution is 2.24. The van der Waals surface area contributed by atoms with E-state index in [0.717, 1.165) is 38.4 Å². The monoisotopic (exact) mass is 424 g/mol. The van der Waals surface area contributed by atoms with E-state index in [9.17, 15) is 4.79 Å². The van der Waals surface area contributed by atoms with Crippen molar-refractivity contribution >= 4 is 33.8 Å². The fourth-order valence-electron chi connectivity index (χ4n) is 3.08. The van der Waals surface area contributed by atoms with Crippen LogP contribution in [0.3, 0.4) is 0 Å². The van der Waals surface area contributed by atoms with Crippen LogP contribution in [0.4, 0.5) is 5.69 Å². The maximum atomic E-state index is 11.6. The van der Waals surface area contributed by atoms with Gasteiger partial charge in [-0.3, -0.25) is 4.99 Å². The smallest absolute Gasteiger partial charge is 0.337 e. The first-order valence-electron chi connectivity index (χ1n) is 8.58. The van der Waals surface area contributed by atoms with Gasteiger partial charge in [0.1, 0.15) is 0 Å². The highest BCUT2D eigenvalue weighted by Gasteiger charge is 2.11. The molecule has 0 unspecified atom stereocenters. The summed E-state index contributed by atoms with van der Waals surface area (Å²) in [5.41, 5.74) is 6.86. The molecule has 1 heterocycles. The molecule has 0 aliphatic heterocycles. The van der Waals surface area contributed by atoms with Crippen LogP contribution in [0.2, 0.25) is 0 Å². The molecule has 3 aromatic rings. The molecule has 0 aliphatic rings. The number of methoxy groups -OCH3 is 1. The zero-order valence-electron chi connectivity index (χ0n) is 15.8. The number of rotatable bonds is 4. The van der Waals surface area contributed by atoms with Gasteiger partial charge in [0.05, 0.1) is 18.4 Å². The van der Waals surface area contributed by atoms with E-state index >= 15 is 0 Å². The standard InChI is InChI=1S/C22H21BrN2O2/c1-14-11-19(23)7-10-21(14)24-13-18-12-15(2)25(16(18)3)20-8-5-17(6-9-20)22(26)27-4/h5-13H,1-4H3. The molecule has 0 fully saturated rings. The first kappa shape index (κ1) is 19.1. The van der Waals surface area contributed by atoms with Gasteiger partial charge in [0.15, 0.2) is 0 Å². The molecule has 0 N–H and O–H groups in total. The number of aromatic nitrogens is 1. The summed E-state index contributed by atoms with van der Waals surface area (Å²) in [6, 6.07) is 15.6. The maximum Gasteiger partial charge on any atom is 0.337 e. The van der Waals surface area contributed by atoms with Gasteiger partial charge in [-0.05, 0) is 74.9 Å². The minimum Gasteiger partial charge on any atom is -0.465 e. The number of benzene rings is 2. The number of hydrogen-bond acceptors (Lipinski definition) is 3. The van der Waals surface area contributed by atoms with E-state index in [1.807, 2.05) is 37.4 Å². The van der Waals surface area contributed by atoms with Crippen molar-refractivity contribution in [3.63, 3.8) is 0 Å². The number of ether oxygens (including phenoxy) is 1. The minimum atomic E-state index is -0.333. The van der Waals surface area contributed by atoms with Crippen LogP contribution in [0, 0.1) is 20.8 Å². The number of nitrogens with zero attached hydrogens (tertiary/aromatic N) is 2. The maximum absolute atomic E-state index is 11.6. The summed E-state index contributed by atoms with van der Waals surface area (Å²) in [4.78, 5) is 16.3. The number of aliphatic imine (C=N–C) groups is 1. The quantitative estimate of drug-likeness (QED) is 0.398. The summed E-state index contributed by atoms with van der Waals surface area (Å²) in [7, 11) is 1.38. The van der Waals surface area contributed by atoms with Crippen molar-refractivity contribution in [2.45, 2.75) is 20.8 Å². The highest BCUT2D eigenvalue weighted by molar-refractivity contribution is 9.10. The summed E-state index contributed by atoms with van der Waals surface area (Å²) in [5, 5.41) is 0. The number of aryl methyl sites for hydroxylation is 2. The fourth-order valence-corrected chi connectivity index (χ4v) is 3.56. The predicted molar refractivity (Wildman–Crippen MR) is 113 cm³/mol. The van der Waals surface area contributed by atoms with Gasteiger partial charge in [-0.1, -0.05) is 15.9 Å². The Morgan fingerprint density at radius 3 is 2.41 bits per heavy atom. The lowest BCUT2D eigenvalue weighted by Crippen LogP contribution is -2.03. The van der Waals surface area contributed by atoms with Gasteiger partial charge in [0.2, 0.25) is 0 Å². The molecule has 0 atom stereocenters. The minimum absolute atomic E-state index is 0.333. The summed E-state index contributed by atoms with van der Waals surface area (Å²) in [6.45, 7) is 6.17. The van der Waals surface area contributed by atoms with Crippen LogP contribution in [0.1, 0.15) is 32.9 Å². The summed E-state index contributed by atoms with van der Waals surface area (Å²) < 4.78 is 7.96. The third kappa shape index (κ3) is 4.03. The number of carbonyl (C=O) groups excluding carboxylic acids is 1. The van der Waals surface area contributed by atoms with Crippen LogP contribution >= 0.6 is 15.9 Å². The Bertz CT molecular complexity index is 1020. The number of hydrogen-bond donors (Lipinski definition) is 0. The summed E-state index contributed by atoms with van der Waals surface area (Å²) in [6.07, 6.45) is 1.90. The molecule has 138 valence electrons. The molecule has 1 aromatic heterocycles.